The molecule has 0 unspecified atom stereocenters. The largest absolute Gasteiger partial charge is 0.331 e. The van der Waals surface area contributed by atoms with Gasteiger partial charge in [-0.05, 0) is 31.0 Å². The van der Waals surface area contributed by atoms with E-state index in [0.29, 0.717) is 50.3 Å². The Morgan fingerprint density at radius 3 is 2.55 bits per heavy atom. The van der Waals surface area contributed by atoms with Crippen molar-refractivity contribution in [1.82, 2.24) is 14.0 Å². The van der Waals surface area contributed by atoms with Crippen LogP contribution in [0.1, 0.15) is 34.4 Å². The Hall–Kier alpha value is -3.47. The molecular weight excluding hydrogens is 414 g/mol. The third-order valence-corrected chi connectivity index (χ3v) is 6.18. The van der Waals surface area contributed by atoms with Crippen LogP contribution in [0.4, 0.5) is 5.69 Å². The smallest absolute Gasteiger partial charge is 0.330 e. The lowest BCUT2D eigenvalue weighted by Gasteiger charge is -2.30. The zero-order valence-corrected chi connectivity index (χ0v) is 19.0. The second-order valence-electron chi connectivity index (χ2n) is 8.62. The van der Waals surface area contributed by atoms with Crippen molar-refractivity contribution in [2.75, 3.05) is 13.1 Å². The molecule has 4 rings (SSSR count). The van der Waals surface area contributed by atoms with Gasteiger partial charge in [-0.2, -0.15) is 0 Å². The Morgan fingerprint density at radius 2 is 1.82 bits per heavy atom. The maximum Gasteiger partial charge on any atom is 0.331 e. The van der Waals surface area contributed by atoms with Gasteiger partial charge in [0.25, 0.3) is 5.56 Å². The van der Waals surface area contributed by atoms with Crippen LogP contribution in [0.3, 0.4) is 0 Å². The molecule has 33 heavy (non-hydrogen) atoms. The van der Waals surface area contributed by atoms with Gasteiger partial charge in [0, 0.05) is 38.3 Å². The lowest BCUT2D eigenvalue weighted by atomic mass is 10.0. The van der Waals surface area contributed by atoms with Crippen LogP contribution in [0.5, 0.6) is 0 Å². The highest BCUT2D eigenvalue weighted by Crippen LogP contribution is 2.20. The fraction of sp³-hybridized carbons (Fsp3) is 0.346. The van der Waals surface area contributed by atoms with Gasteiger partial charge in [-0.15, -0.1) is 0 Å². The van der Waals surface area contributed by atoms with E-state index in [9.17, 15) is 9.59 Å². The number of nitrogens with zero attached hydrogens (tertiary/aromatic N) is 4. The maximum absolute atomic E-state index is 13.5. The predicted molar refractivity (Wildman–Crippen MR) is 129 cm³/mol. The molecule has 0 aliphatic carbocycles. The van der Waals surface area contributed by atoms with Gasteiger partial charge in [0.2, 0.25) is 0 Å². The summed E-state index contributed by atoms with van der Waals surface area (Å²) in [6.45, 7) is 12.4. The van der Waals surface area contributed by atoms with E-state index in [1.54, 1.807) is 10.6 Å². The van der Waals surface area contributed by atoms with E-state index in [1.165, 1.54) is 4.57 Å². The molecule has 0 fully saturated rings. The molecule has 0 bridgehead atoms. The fourth-order valence-corrected chi connectivity index (χ4v) is 4.42. The minimum absolute atomic E-state index is 0.209. The fourth-order valence-electron chi connectivity index (χ4n) is 4.42. The normalized spacial score (nSPS) is 13.5. The van der Waals surface area contributed by atoms with Crippen molar-refractivity contribution >= 4 is 5.69 Å². The Balaban J connectivity index is 1.70. The summed E-state index contributed by atoms with van der Waals surface area (Å²) in [6, 6.07) is 15.5. The van der Waals surface area contributed by atoms with Crippen molar-refractivity contribution in [3.05, 3.63) is 109 Å². The number of rotatable bonds is 7. The molecule has 0 saturated heterocycles. The predicted octanol–water partition coefficient (Wildman–Crippen LogP) is 2.82. The quantitative estimate of drug-likeness (QED) is 0.570. The lowest BCUT2D eigenvalue weighted by Crippen LogP contribution is -2.47. The number of fused-ring (bicyclic) bond motifs is 1. The van der Waals surface area contributed by atoms with Crippen molar-refractivity contribution in [2.45, 2.75) is 45.9 Å². The summed E-state index contributed by atoms with van der Waals surface area (Å²) in [4.78, 5) is 32.5. The van der Waals surface area contributed by atoms with E-state index < -0.39 is 0 Å². The van der Waals surface area contributed by atoms with Crippen molar-refractivity contribution in [1.29, 1.82) is 0 Å². The summed E-state index contributed by atoms with van der Waals surface area (Å²) in [5, 5.41) is 0. The standard InChI is InChI=1S/C26H29N5O2/c1-19-7-9-20(10-8-19)17-31-25(32)23-18-29(16-21-5-3-6-22(15-21)28-2)14-11-24(23)30(26(31)33)13-4-12-27/h3,5-10,15H,4,11-14,16-18,27H2,1H3. The van der Waals surface area contributed by atoms with E-state index in [4.69, 9.17) is 12.3 Å². The monoisotopic (exact) mass is 443 g/mol. The first-order valence-corrected chi connectivity index (χ1v) is 11.3. The molecule has 0 atom stereocenters. The van der Waals surface area contributed by atoms with E-state index in [-0.39, 0.29) is 17.8 Å². The molecule has 7 heteroatoms. The summed E-state index contributed by atoms with van der Waals surface area (Å²) < 4.78 is 3.12. The highest BCUT2D eigenvalue weighted by Gasteiger charge is 2.25. The second-order valence-corrected chi connectivity index (χ2v) is 8.62. The van der Waals surface area contributed by atoms with Gasteiger partial charge in [-0.1, -0.05) is 54.1 Å². The number of benzene rings is 2. The molecule has 2 N–H and O–H groups in total. The van der Waals surface area contributed by atoms with Gasteiger partial charge in [0.1, 0.15) is 0 Å². The molecular formula is C26H29N5O2. The summed E-state index contributed by atoms with van der Waals surface area (Å²) >= 11 is 0. The second kappa shape index (κ2) is 9.99. The van der Waals surface area contributed by atoms with Gasteiger partial charge in [-0.3, -0.25) is 18.8 Å². The molecule has 0 radical (unpaired) electrons. The number of aromatic nitrogens is 2. The molecule has 1 aliphatic rings. The van der Waals surface area contributed by atoms with Crippen LogP contribution in [-0.4, -0.2) is 27.1 Å². The van der Waals surface area contributed by atoms with E-state index in [1.807, 2.05) is 49.4 Å². The van der Waals surface area contributed by atoms with Crippen LogP contribution in [0.15, 0.2) is 58.1 Å². The molecule has 0 saturated carbocycles. The third kappa shape index (κ3) is 4.98. The van der Waals surface area contributed by atoms with Crippen LogP contribution in [0, 0.1) is 13.5 Å². The molecule has 2 heterocycles. The molecule has 2 aromatic carbocycles. The zero-order chi connectivity index (χ0) is 23.4. The van der Waals surface area contributed by atoms with Crippen LogP contribution in [0.2, 0.25) is 0 Å². The number of aryl methyl sites for hydroxylation is 1. The average molecular weight is 444 g/mol. The molecule has 1 aromatic heterocycles. The highest BCUT2D eigenvalue weighted by atomic mass is 16.2. The molecule has 0 amide bonds. The molecule has 1 aliphatic heterocycles. The number of hydrogen-bond donors (Lipinski definition) is 1. The highest BCUT2D eigenvalue weighted by molar-refractivity contribution is 5.46. The van der Waals surface area contributed by atoms with Crippen LogP contribution in [-0.2, 0) is 32.6 Å². The first-order valence-electron chi connectivity index (χ1n) is 11.3. The van der Waals surface area contributed by atoms with Gasteiger partial charge in [0.15, 0.2) is 5.69 Å². The summed E-state index contributed by atoms with van der Waals surface area (Å²) in [6.07, 6.45) is 1.32. The Labute approximate surface area is 193 Å². The summed E-state index contributed by atoms with van der Waals surface area (Å²) in [7, 11) is 0. The van der Waals surface area contributed by atoms with Gasteiger partial charge in [0.05, 0.1) is 18.7 Å². The lowest BCUT2D eigenvalue weighted by molar-refractivity contribution is 0.236. The molecule has 0 spiro atoms. The van der Waals surface area contributed by atoms with E-state index >= 15 is 0 Å². The van der Waals surface area contributed by atoms with Crippen LogP contribution < -0.4 is 17.0 Å². The SMILES string of the molecule is [C-]#[N+]c1cccc(CN2CCc3c(c(=O)n(Cc4ccc(C)cc4)c(=O)n3CCCN)C2)c1. The molecule has 7 nitrogen and oxygen atoms in total. The Bertz CT molecular complexity index is 1300. The van der Waals surface area contributed by atoms with Gasteiger partial charge >= 0.3 is 5.69 Å². The molecule has 170 valence electrons. The van der Waals surface area contributed by atoms with Crippen molar-refractivity contribution in [2.24, 2.45) is 5.73 Å². The van der Waals surface area contributed by atoms with Crippen LogP contribution >= 0.6 is 0 Å². The average Bonchev–Trinajstić information content (AvgIpc) is 2.83. The van der Waals surface area contributed by atoms with Gasteiger partial charge < -0.3 is 5.73 Å². The minimum atomic E-state index is -0.258. The maximum atomic E-state index is 13.5. The van der Waals surface area contributed by atoms with E-state index in [2.05, 4.69) is 9.74 Å². The van der Waals surface area contributed by atoms with Crippen molar-refractivity contribution in [3.8, 4) is 0 Å². The first-order chi connectivity index (χ1) is 16.0. The first kappa shape index (κ1) is 22.7. The topological polar surface area (TPSA) is 77.6 Å². The molecule has 3 aromatic rings. The number of hydrogen-bond acceptors (Lipinski definition) is 4. The van der Waals surface area contributed by atoms with Gasteiger partial charge in [-0.25, -0.2) is 9.64 Å². The number of nitrogens with two attached hydrogens (primary N) is 1. The summed E-state index contributed by atoms with van der Waals surface area (Å²) in [5.41, 5.74) is 10.5. The van der Waals surface area contributed by atoms with Crippen molar-refractivity contribution in [3.63, 3.8) is 0 Å². The third-order valence-electron chi connectivity index (χ3n) is 6.18. The van der Waals surface area contributed by atoms with E-state index in [0.717, 1.165) is 28.9 Å². The Kier molecular flexibility index (Phi) is 6.87. The van der Waals surface area contributed by atoms with Crippen LogP contribution in [0.25, 0.3) is 4.85 Å². The van der Waals surface area contributed by atoms with Crippen molar-refractivity contribution < 1.29 is 0 Å². The summed E-state index contributed by atoms with van der Waals surface area (Å²) in [5.74, 6) is 0. The Morgan fingerprint density at radius 1 is 1.03 bits per heavy atom. The minimum Gasteiger partial charge on any atom is -0.330 e. The zero-order valence-electron chi connectivity index (χ0n) is 19.0.